The number of carboxylic acid groups (broad SMARTS) is 1. The molecule has 0 aromatic carbocycles. The van der Waals surface area contributed by atoms with Gasteiger partial charge in [-0.3, -0.25) is 9.59 Å². The summed E-state index contributed by atoms with van der Waals surface area (Å²) in [7, 11) is 0. The Morgan fingerprint density at radius 3 is 2.50 bits per heavy atom. The Bertz CT molecular complexity index is 248. The van der Waals surface area contributed by atoms with Gasteiger partial charge in [-0.05, 0) is 25.7 Å². The zero-order valence-corrected chi connectivity index (χ0v) is 9.65. The van der Waals surface area contributed by atoms with Crippen molar-refractivity contribution in [3.63, 3.8) is 0 Å². The van der Waals surface area contributed by atoms with Crippen molar-refractivity contribution in [1.82, 2.24) is 4.90 Å². The molecule has 1 N–H and O–H groups in total. The van der Waals surface area contributed by atoms with Crippen molar-refractivity contribution in [3.8, 4) is 0 Å². The van der Waals surface area contributed by atoms with Gasteiger partial charge < -0.3 is 14.7 Å². The number of amides is 1. The number of carbonyl (C=O) groups is 2. The van der Waals surface area contributed by atoms with Crippen LogP contribution in [0.25, 0.3) is 0 Å². The molecule has 0 aliphatic carbocycles. The highest BCUT2D eigenvalue weighted by Gasteiger charge is 2.21. The lowest BCUT2D eigenvalue weighted by molar-refractivity contribution is -0.145. The lowest BCUT2D eigenvalue weighted by atomic mass is 9.96. The number of ether oxygens (including phenoxy) is 1. The fourth-order valence-electron chi connectivity index (χ4n) is 1.87. The number of carbonyl (C=O) groups excluding carboxylic acids is 1. The van der Waals surface area contributed by atoms with E-state index in [2.05, 4.69) is 0 Å². The number of aliphatic carboxylic acids is 1. The lowest BCUT2D eigenvalue weighted by Gasteiger charge is -2.25. The lowest BCUT2D eigenvalue weighted by Crippen LogP contribution is -2.37. The van der Waals surface area contributed by atoms with Crippen molar-refractivity contribution in [2.24, 2.45) is 5.92 Å². The summed E-state index contributed by atoms with van der Waals surface area (Å²) in [6.07, 6.45) is 2.25. The molecule has 0 aromatic rings. The number of nitrogens with zero attached hydrogens (tertiary/aromatic N) is 1. The molecule has 1 aliphatic heterocycles. The molecule has 0 spiro atoms. The van der Waals surface area contributed by atoms with Crippen molar-refractivity contribution in [3.05, 3.63) is 0 Å². The average molecular weight is 229 g/mol. The topological polar surface area (TPSA) is 66.8 Å². The Hall–Kier alpha value is -1.10. The number of hydrogen-bond donors (Lipinski definition) is 1. The van der Waals surface area contributed by atoms with Gasteiger partial charge in [0, 0.05) is 26.2 Å². The molecule has 1 heterocycles. The molecular weight excluding hydrogens is 210 g/mol. The molecule has 1 amide bonds. The van der Waals surface area contributed by atoms with Crippen LogP contribution < -0.4 is 0 Å². The molecule has 0 aromatic heterocycles. The monoisotopic (exact) mass is 229 g/mol. The van der Waals surface area contributed by atoms with Gasteiger partial charge in [0.2, 0.25) is 5.91 Å². The van der Waals surface area contributed by atoms with E-state index in [0.29, 0.717) is 32.1 Å². The molecule has 1 fully saturated rings. The molecule has 92 valence electrons. The van der Waals surface area contributed by atoms with Crippen LogP contribution in [-0.2, 0) is 14.3 Å². The van der Waals surface area contributed by atoms with Gasteiger partial charge in [0.15, 0.2) is 0 Å². The largest absolute Gasteiger partial charge is 0.480 e. The summed E-state index contributed by atoms with van der Waals surface area (Å²) >= 11 is 0. The zero-order valence-electron chi connectivity index (χ0n) is 9.65. The highest BCUT2D eigenvalue weighted by molar-refractivity contribution is 5.81. The third kappa shape index (κ3) is 4.18. The smallest absolute Gasteiger partial charge is 0.323 e. The average Bonchev–Trinajstić information content (AvgIpc) is 2.26. The molecule has 0 radical (unpaired) electrons. The van der Waals surface area contributed by atoms with E-state index in [9.17, 15) is 9.59 Å². The fraction of sp³-hybridized carbons (Fsp3) is 0.818. The SMILES string of the molecule is CCN(CC(=O)O)C(=O)CC1CCOCC1. The first-order chi connectivity index (χ1) is 7.63. The first-order valence-corrected chi connectivity index (χ1v) is 5.70. The second-order valence-electron chi connectivity index (χ2n) is 4.06. The van der Waals surface area contributed by atoms with Crippen LogP contribution >= 0.6 is 0 Å². The molecule has 5 nitrogen and oxygen atoms in total. The van der Waals surface area contributed by atoms with Crippen molar-refractivity contribution < 1.29 is 19.4 Å². The molecule has 16 heavy (non-hydrogen) atoms. The summed E-state index contributed by atoms with van der Waals surface area (Å²) in [4.78, 5) is 23.7. The summed E-state index contributed by atoms with van der Waals surface area (Å²) in [5.74, 6) is -0.664. The Kier molecular flexibility index (Phi) is 5.25. The summed E-state index contributed by atoms with van der Waals surface area (Å²) in [5.41, 5.74) is 0. The van der Waals surface area contributed by atoms with Gasteiger partial charge in [-0.2, -0.15) is 0 Å². The second kappa shape index (κ2) is 6.48. The van der Waals surface area contributed by atoms with Crippen molar-refractivity contribution in [1.29, 1.82) is 0 Å². The molecule has 0 atom stereocenters. The normalized spacial score (nSPS) is 17.1. The van der Waals surface area contributed by atoms with Gasteiger partial charge in [0.25, 0.3) is 0 Å². The zero-order chi connectivity index (χ0) is 12.0. The molecule has 0 saturated carbocycles. The van der Waals surface area contributed by atoms with Gasteiger partial charge in [-0.1, -0.05) is 0 Å². The Morgan fingerprint density at radius 2 is 2.00 bits per heavy atom. The Balaban J connectivity index is 2.38. The van der Waals surface area contributed by atoms with Crippen molar-refractivity contribution in [2.75, 3.05) is 26.3 Å². The van der Waals surface area contributed by atoms with E-state index in [1.807, 2.05) is 0 Å². The number of likely N-dealkylation sites (N-methyl/N-ethyl adjacent to an activating group) is 1. The minimum absolute atomic E-state index is 0.0585. The van der Waals surface area contributed by atoms with Gasteiger partial charge in [0.1, 0.15) is 6.54 Å². The first kappa shape index (κ1) is 13.0. The molecule has 5 heteroatoms. The van der Waals surface area contributed by atoms with Gasteiger partial charge in [-0.25, -0.2) is 0 Å². The predicted octanol–water partition coefficient (Wildman–Crippen LogP) is 0.736. The third-order valence-corrected chi connectivity index (χ3v) is 2.86. The molecular formula is C11H19NO4. The van der Waals surface area contributed by atoms with E-state index in [4.69, 9.17) is 9.84 Å². The van der Waals surface area contributed by atoms with Gasteiger partial charge in [-0.15, -0.1) is 0 Å². The Morgan fingerprint density at radius 1 is 1.38 bits per heavy atom. The number of carboxylic acids is 1. The quantitative estimate of drug-likeness (QED) is 0.755. The molecule has 1 saturated heterocycles. The van der Waals surface area contributed by atoms with Crippen molar-refractivity contribution in [2.45, 2.75) is 26.2 Å². The molecule has 0 unspecified atom stereocenters. The van der Waals surface area contributed by atoms with Crippen LogP contribution in [-0.4, -0.2) is 48.2 Å². The standard InChI is InChI=1S/C11H19NO4/c1-2-12(8-11(14)15)10(13)7-9-3-5-16-6-4-9/h9H,2-8H2,1H3,(H,14,15). The van der Waals surface area contributed by atoms with E-state index in [0.717, 1.165) is 12.8 Å². The maximum Gasteiger partial charge on any atom is 0.323 e. The summed E-state index contributed by atoms with van der Waals surface area (Å²) < 4.78 is 5.21. The van der Waals surface area contributed by atoms with Crippen LogP contribution in [0.1, 0.15) is 26.2 Å². The summed E-state index contributed by atoms with van der Waals surface area (Å²) in [6.45, 7) is 3.48. The minimum atomic E-state index is -0.956. The van der Waals surface area contributed by atoms with Crippen LogP contribution in [0.15, 0.2) is 0 Å². The van der Waals surface area contributed by atoms with E-state index < -0.39 is 5.97 Å². The Labute approximate surface area is 95.4 Å². The fourth-order valence-corrected chi connectivity index (χ4v) is 1.87. The summed E-state index contributed by atoms with van der Waals surface area (Å²) in [6, 6.07) is 0. The number of rotatable bonds is 5. The highest BCUT2D eigenvalue weighted by Crippen LogP contribution is 2.19. The molecule has 0 bridgehead atoms. The predicted molar refractivity (Wildman–Crippen MR) is 58.0 cm³/mol. The molecule has 1 aliphatic rings. The third-order valence-electron chi connectivity index (χ3n) is 2.86. The second-order valence-corrected chi connectivity index (χ2v) is 4.06. The van der Waals surface area contributed by atoms with Crippen LogP contribution in [0.5, 0.6) is 0 Å². The van der Waals surface area contributed by atoms with E-state index >= 15 is 0 Å². The van der Waals surface area contributed by atoms with E-state index in [1.54, 1.807) is 6.92 Å². The maximum absolute atomic E-state index is 11.8. The highest BCUT2D eigenvalue weighted by atomic mass is 16.5. The van der Waals surface area contributed by atoms with Crippen LogP contribution in [0.3, 0.4) is 0 Å². The van der Waals surface area contributed by atoms with Crippen LogP contribution in [0.4, 0.5) is 0 Å². The number of hydrogen-bond acceptors (Lipinski definition) is 3. The van der Waals surface area contributed by atoms with Crippen molar-refractivity contribution >= 4 is 11.9 Å². The maximum atomic E-state index is 11.8. The van der Waals surface area contributed by atoms with Crippen LogP contribution in [0.2, 0.25) is 0 Å². The minimum Gasteiger partial charge on any atom is -0.480 e. The van der Waals surface area contributed by atoms with Gasteiger partial charge in [0.05, 0.1) is 0 Å². The van der Waals surface area contributed by atoms with Crippen LogP contribution in [0, 0.1) is 5.92 Å². The summed E-state index contributed by atoms with van der Waals surface area (Å²) in [5, 5.41) is 8.66. The van der Waals surface area contributed by atoms with Gasteiger partial charge >= 0.3 is 5.97 Å². The first-order valence-electron chi connectivity index (χ1n) is 5.70. The molecule has 1 rings (SSSR count). The van der Waals surface area contributed by atoms with E-state index in [1.165, 1.54) is 4.90 Å². The van der Waals surface area contributed by atoms with E-state index in [-0.39, 0.29) is 12.5 Å².